The van der Waals surface area contributed by atoms with E-state index in [0.717, 1.165) is 19.3 Å². The first kappa shape index (κ1) is 22.3. The number of hydrogen-bond acceptors (Lipinski definition) is 3. The molecule has 0 saturated heterocycles. The molecule has 2 atom stereocenters. The van der Waals surface area contributed by atoms with Gasteiger partial charge in [-0.1, -0.05) is 59.6 Å². The van der Waals surface area contributed by atoms with Crippen LogP contribution in [0.3, 0.4) is 0 Å². The lowest BCUT2D eigenvalue weighted by Crippen LogP contribution is -2.43. The summed E-state index contributed by atoms with van der Waals surface area (Å²) in [6.07, 6.45) is 5.26. The maximum Gasteiger partial charge on any atom is 0.306 e. The predicted molar refractivity (Wildman–Crippen MR) is 98.2 cm³/mol. The van der Waals surface area contributed by atoms with E-state index < -0.39 is 20.4 Å². The third kappa shape index (κ3) is 9.94. The largest absolute Gasteiger partial charge is 0.481 e. The quantitative estimate of drug-likeness (QED) is 0.449. The van der Waals surface area contributed by atoms with Crippen molar-refractivity contribution in [2.24, 2.45) is 5.92 Å². The van der Waals surface area contributed by atoms with Gasteiger partial charge in [-0.15, -0.1) is 0 Å². The molecule has 0 aliphatic carbocycles. The van der Waals surface area contributed by atoms with Gasteiger partial charge in [0.05, 0.1) is 18.6 Å². The summed E-state index contributed by atoms with van der Waals surface area (Å²) >= 11 is 0. The van der Waals surface area contributed by atoms with Crippen molar-refractivity contribution in [2.45, 2.75) is 90.6 Å². The van der Waals surface area contributed by atoms with Crippen molar-refractivity contribution >= 4 is 14.3 Å². The van der Waals surface area contributed by atoms with E-state index in [-0.39, 0.29) is 17.6 Å². The van der Waals surface area contributed by atoms with Crippen molar-refractivity contribution in [1.82, 2.24) is 0 Å². The molecule has 0 fully saturated rings. The van der Waals surface area contributed by atoms with Crippen LogP contribution in [-0.4, -0.2) is 36.7 Å². The highest BCUT2D eigenvalue weighted by molar-refractivity contribution is 6.74. The first-order chi connectivity index (χ1) is 10.3. The summed E-state index contributed by atoms with van der Waals surface area (Å²) in [6.45, 7) is 15.4. The lowest BCUT2D eigenvalue weighted by molar-refractivity contribution is -0.138. The molecule has 0 saturated carbocycles. The molecule has 4 nitrogen and oxygen atoms in total. The Morgan fingerprint density at radius 2 is 1.74 bits per heavy atom. The normalized spacial score (nSPS) is 16.0. The molecule has 5 heteroatoms. The van der Waals surface area contributed by atoms with Crippen LogP contribution < -0.4 is 0 Å². The molecular formula is C18H36O4Si. The van der Waals surface area contributed by atoms with Gasteiger partial charge in [0, 0.05) is 0 Å². The monoisotopic (exact) mass is 344 g/mol. The molecular weight excluding hydrogens is 308 g/mol. The first-order valence-corrected chi connectivity index (χ1v) is 11.5. The molecule has 0 amide bonds. The van der Waals surface area contributed by atoms with Crippen LogP contribution in [0.25, 0.3) is 0 Å². The van der Waals surface area contributed by atoms with Gasteiger partial charge < -0.3 is 14.6 Å². The standard InChI is InChI=1S/C18H36O4Si/c1-14(2)9-8-10-16(12-11-15(19)13-17(20)21)22-23(6,7)18(3,4)5/h11-12,14-16,19H,8-10,13H2,1-7H3,(H,20,21)/b12-11+/t15-,16+/m0/s1. The SMILES string of the molecule is CC(C)CCC[C@H](/C=C/[C@H](O)CC(=O)O)O[Si](C)(C)C(C)(C)C. The van der Waals surface area contributed by atoms with E-state index >= 15 is 0 Å². The number of carbonyl (C=O) groups is 1. The number of rotatable bonds is 10. The number of aliphatic hydroxyl groups is 1. The fraction of sp³-hybridized carbons (Fsp3) is 0.833. The third-order valence-corrected chi connectivity index (χ3v) is 8.96. The van der Waals surface area contributed by atoms with Crippen LogP contribution >= 0.6 is 0 Å². The number of aliphatic hydroxyl groups excluding tert-OH is 1. The number of carboxylic acid groups (broad SMARTS) is 1. The van der Waals surface area contributed by atoms with Gasteiger partial charge in [0.25, 0.3) is 0 Å². The summed E-state index contributed by atoms with van der Waals surface area (Å²) in [7, 11) is -1.90. The molecule has 0 heterocycles. The van der Waals surface area contributed by atoms with E-state index in [1.807, 2.05) is 6.08 Å². The zero-order valence-electron chi connectivity index (χ0n) is 15.9. The maximum absolute atomic E-state index is 10.6. The number of hydrogen-bond donors (Lipinski definition) is 2. The van der Waals surface area contributed by atoms with E-state index in [9.17, 15) is 9.90 Å². The maximum atomic E-state index is 10.6. The van der Waals surface area contributed by atoms with E-state index in [1.54, 1.807) is 6.08 Å². The zero-order valence-corrected chi connectivity index (χ0v) is 16.9. The van der Waals surface area contributed by atoms with E-state index in [1.165, 1.54) is 0 Å². The van der Waals surface area contributed by atoms with E-state index in [4.69, 9.17) is 9.53 Å². The molecule has 2 N–H and O–H groups in total. The van der Waals surface area contributed by atoms with Crippen LogP contribution in [0.2, 0.25) is 18.1 Å². The van der Waals surface area contributed by atoms with Crippen LogP contribution in [0.4, 0.5) is 0 Å². The van der Waals surface area contributed by atoms with Gasteiger partial charge in [-0.3, -0.25) is 4.79 Å². The van der Waals surface area contributed by atoms with Crippen molar-refractivity contribution in [3.05, 3.63) is 12.2 Å². The Balaban J connectivity index is 4.87. The molecule has 136 valence electrons. The predicted octanol–water partition coefficient (Wildman–Crippen LogP) is 4.59. The molecule has 0 unspecified atom stereocenters. The molecule has 23 heavy (non-hydrogen) atoms. The Morgan fingerprint density at radius 1 is 1.17 bits per heavy atom. The molecule has 0 aromatic carbocycles. The molecule has 0 rings (SSSR count). The summed E-state index contributed by atoms with van der Waals surface area (Å²) in [5.41, 5.74) is 0. The van der Waals surface area contributed by atoms with Gasteiger partial charge in [-0.25, -0.2) is 0 Å². The summed E-state index contributed by atoms with van der Waals surface area (Å²) in [5, 5.41) is 18.6. The Hall–Kier alpha value is -0.653. The lowest BCUT2D eigenvalue weighted by Gasteiger charge is -2.38. The fourth-order valence-corrected chi connectivity index (χ4v) is 3.28. The van der Waals surface area contributed by atoms with Crippen LogP contribution in [0, 0.1) is 5.92 Å². The summed E-state index contributed by atoms with van der Waals surface area (Å²) < 4.78 is 6.43. The average Bonchev–Trinajstić information content (AvgIpc) is 2.32. The second-order valence-electron chi connectivity index (χ2n) is 8.29. The Bertz CT molecular complexity index is 383. The Labute approximate surface area is 143 Å². The number of aliphatic carboxylic acids is 1. The van der Waals surface area contributed by atoms with Gasteiger partial charge in [0.15, 0.2) is 8.32 Å². The van der Waals surface area contributed by atoms with Crippen molar-refractivity contribution in [1.29, 1.82) is 0 Å². The summed E-state index contributed by atoms with van der Waals surface area (Å²) in [4.78, 5) is 10.6. The van der Waals surface area contributed by atoms with Crippen LogP contribution in [0.5, 0.6) is 0 Å². The van der Waals surface area contributed by atoms with Crippen molar-refractivity contribution in [3.8, 4) is 0 Å². The summed E-state index contributed by atoms with van der Waals surface area (Å²) in [5.74, 6) is -0.339. The molecule has 0 spiro atoms. The smallest absolute Gasteiger partial charge is 0.306 e. The van der Waals surface area contributed by atoms with Gasteiger partial charge in [-0.2, -0.15) is 0 Å². The Kier molecular flexibility index (Phi) is 9.32. The third-order valence-electron chi connectivity index (χ3n) is 4.45. The molecule has 0 aromatic heterocycles. The van der Waals surface area contributed by atoms with E-state index in [0.29, 0.717) is 5.92 Å². The van der Waals surface area contributed by atoms with Gasteiger partial charge in [0.2, 0.25) is 0 Å². The minimum absolute atomic E-state index is 0.0573. The minimum atomic E-state index is -1.90. The lowest BCUT2D eigenvalue weighted by atomic mass is 10.0. The highest BCUT2D eigenvalue weighted by Crippen LogP contribution is 2.38. The highest BCUT2D eigenvalue weighted by atomic mass is 28.4. The zero-order chi connectivity index (χ0) is 18.3. The highest BCUT2D eigenvalue weighted by Gasteiger charge is 2.38. The Morgan fingerprint density at radius 3 is 2.17 bits per heavy atom. The first-order valence-electron chi connectivity index (χ1n) is 8.61. The van der Waals surface area contributed by atoms with Crippen molar-refractivity contribution in [3.63, 3.8) is 0 Å². The number of carboxylic acids is 1. The van der Waals surface area contributed by atoms with E-state index in [2.05, 4.69) is 47.7 Å². The van der Waals surface area contributed by atoms with Crippen LogP contribution in [-0.2, 0) is 9.22 Å². The summed E-state index contributed by atoms with van der Waals surface area (Å²) in [6, 6.07) is 0. The minimum Gasteiger partial charge on any atom is -0.481 e. The topological polar surface area (TPSA) is 66.8 Å². The van der Waals surface area contributed by atoms with Crippen molar-refractivity contribution in [2.75, 3.05) is 0 Å². The van der Waals surface area contributed by atoms with Gasteiger partial charge >= 0.3 is 5.97 Å². The van der Waals surface area contributed by atoms with Crippen molar-refractivity contribution < 1.29 is 19.4 Å². The molecule has 0 aliphatic heterocycles. The molecule has 0 radical (unpaired) electrons. The van der Waals surface area contributed by atoms with Gasteiger partial charge in [-0.05, 0) is 30.5 Å². The van der Waals surface area contributed by atoms with Crippen LogP contribution in [0.15, 0.2) is 12.2 Å². The second kappa shape index (κ2) is 9.60. The molecule has 0 bridgehead atoms. The average molecular weight is 345 g/mol. The second-order valence-corrected chi connectivity index (χ2v) is 13.0. The van der Waals surface area contributed by atoms with Crippen LogP contribution in [0.1, 0.15) is 60.3 Å². The molecule has 0 aromatic rings. The molecule has 0 aliphatic rings. The van der Waals surface area contributed by atoms with Gasteiger partial charge in [0.1, 0.15) is 0 Å². The fourth-order valence-electron chi connectivity index (χ4n) is 1.98.